The van der Waals surface area contributed by atoms with Crippen LogP contribution in [0.1, 0.15) is 35.5 Å². The Morgan fingerprint density at radius 1 is 0.875 bits per heavy atom. The lowest BCUT2D eigenvalue weighted by molar-refractivity contribution is 0.186. The van der Waals surface area contributed by atoms with Crippen LogP contribution in [0.2, 0.25) is 0 Å². The lowest BCUT2D eigenvalue weighted by Gasteiger charge is -2.22. The van der Waals surface area contributed by atoms with Crippen LogP contribution in [0.15, 0.2) is 24.3 Å². The Hall–Kier alpha value is -0.160. The number of hydrogen-bond donors (Lipinski definition) is 4. The topological polar surface area (TPSA) is 40.5 Å². The van der Waals surface area contributed by atoms with Gasteiger partial charge in [-0.3, -0.25) is 0 Å². The largest absolute Gasteiger partial charge is 0.392 e. The van der Waals surface area contributed by atoms with Crippen LogP contribution in [-0.4, -0.2) is 22.4 Å². The van der Waals surface area contributed by atoms with E-state index in [-0.39, 0.29) is 10.5 Å². The molecule has 1 aromatic rings. The summed E-state index contributed by atoms with van der Waals surface area (Å²) in [5.74, 6) is 0. The van der Waals surface area contributed by atoms with Crippen molar-refractivity contribution in [3.05, 3.63) is 35.4 Å². The summed E-state index contributed by atoms with van der Waals surface area (Å²) >= 11 is 8.76. The van der Waals surface area contributed by atoms with Gasteiger partial charge in [0, 0.05) is 0 Å². The monoisotopic (exact) mass is 258 g/mol. The minimum absolute atomic E-state index is 0.260. The van der Waals surface area contributed by atoms with Crippen LogP contribution in [0.5, 0.6) is 0 Å². The number of hydrogen-bond acceptors (Lipinski definition) is 4. The lowest BCUT2D eigenvalue weighted by Crippen LogP contribution is -2.15. The van der Waals surface area contributed by atoms with Gasteiger partial charge in [-0.1, -0.05) is 24.3 Å². The van der Waals surface area contributed by atoms with Gasteiger partial charge in [0.25, 0.3) is 0 Å². The van der Waals surface area contributed by atoms with Gasteiger partial charge in [0.05, 0.1) is 22.7 Å². The van der Waals surface area contributed by atoms with E-state index in [1.807, 2.05) is 24.3 Å². The van der Waals surface area contributed by atoms with Crippen LogP contribution in [0.25, 0.3) is 0 Å². The van der Waals surface area contributed by atoms with Crippen molar-refractivity contribution in [2.24, 2.45) is 0 Å². The fourth-order valence-electron chi connectivity index (χ4n) is 1.57. The van der Waals surface area contributed by atoms with E-state index in [4.69, 9.17) is 0 Å². The van der Waals surface area contributed by atoms with Crippen molar-refractivity contribution in [1.82, 2.24) is 0 Å². The minimum Gasteiger partial charge on any atom is -0.392 e. The molecule has 0 aliphatic heterocycles. The molecule has 90 valence electrons. The van der Waals surface area contributed by atoms with Gasteiger partial charge >= 0.3 is 0 Å². The van der Waals surface area contributed by atoms with Crippen molar-refractivity contribution in [2.45, 2.75) is 36.6 Å². The zero-order valence-corrected chi connectivity index (χ0v) is 11.2. The highest BCUT2D eigenvalue weighted by Crippen LogP contribution is 2.34. The van der Waals surface area contributed by atoms with Gasteiger partial charge in [-0.25, -0.2) is 0 Å². The Labute approximate surface area is 108 Å². The van der Waals surface area contributed by atoms with E-state index in [1.165, 1.54) is 0 Å². The quantitative estimate of drug-likeness (QED) is 0.626. The van der Waals surface area contributed by atoms with Crippen LogP contribution in [0, 0.1) is 0 Å². The van der Waals surface area contributed by atoms with Crippen molar-refractivity contribution in [1.29, 1.82) is 0 Å². The molecule has 0 spiro atoms. The van der Waals surface area contributed by atoms with Gasteiger partial charge in [0.2, 0.25) is 0 Å². The van der Waals surface area contributed by atoms with Crippen molar-refractivity contribution in [2.75, 3.05) is 0 Å². The Morgan fingerprint density at radius 2 is 1.19 bits per heavy atom. The molecule has 0 saturated carbocycles. The third-order valence-corrected chi connectivity index (χ3v) is 3.97. The summed E-state index contributed by atoms with van der Waals surface area (Å²) in [5.41, 5.74) is 1.84. The summed E-state index contributed by atoms with van der Waals surface area (Å²) < 4.78 is 0. The minimum atomic E-state index is -0.543. The van der Waals surface area contributed by atoms with Crippen molar-refractivity contribution < 1.29 is 10.2 Å². The number of thiol groups is 2. The van der Waals surface area contributed by atoms with E-state index >= 15 is 0 Å². The maximum atomic E-state index is 9.56. The predicted molar refractivity (Wildman–Crippen MR) is 73.3 cm³/mol. The molecule has 2 N–H and O–H groups in total. The molecule has 4 unspecified atom stereocenters. The summed E-state index contributed by atoms with van der Waals surface area (Å²) in [6.45, 7) is 3.40. The fraction of sp³-hybridized carbons (Fsp3) is 0.500. The number of rotatable bonds is 4. The molecule has 1 rings (SSSR count). The highest BCUT2D eigenvalue weighted by molar-refractivity contribution is 7.81. The highest BCUT2D eigenvalue weighted by atomic mass is 32.1. The molecule has 1 aromatic carbocycles. The molecule has 4 atom stereocenters. The van der Waals surface area contributed by atoms with E-state index in [0.717, 1.165) is 11.1 Å². The molecule has 0 bridgehead atoms. The molecule has 0 fully saturated rings. The number of aliphatic hydroxyl groups excluding tert-OH is 2. The molecule has 0 aliphatic rings. The lowest BCUT2D eigenvalue weighted by atomic mass is 9.97. The second-order valence-corrected chi connectivity index (χ2v) is 5.11. The van der Waals surface area contributed by atoms with Crippen LogP contribution < -0.4 is 0 Å². The smallest absolute Gasteiger partial charge is 0.0669 e. The van der Waals surface area contributed by atoms with Gasteiger partial charge in [0.15, 0.2) is 0 Å². The van der Waals surface area contributed by atoms with Gasteiger partial charge in [0.1, 0.15) is 0 Å². The van der Waals surface area contributed by atoms with Gasteiger partial charge in [-0.05, 0) is 25.0 Å². The Bertz CT molecular complexity index is 307. The maximum absolute atomic E-state index is 9.56. The molecule has 0 heterocycles. The number of benzene rings is 1. The normalized spacial score (nSPS) is 18.9. The summed E-state index contributed by atoms with van der Waals surface area (Å²) in [6.07, 6.45) is -1.09. The van der Waals surface area contributed by atoms with E-state index in [2.05, 4.69) is 25.3 Å². The van der Waals surface area contributed by atoms with Crippen LogP contribution in [0.4, 0.5) is 0 Å². The Morgan fingerprint density at radius 3 is 1.44 bits per heavy atom. The van der Waals surface area contributed by atoms with Crippen LogP contribution in [0.3, 0.4) is 0 Å². The molecular formula is C12H18O2S2. The van der Waals surface area contributed by atoms with E-state index in [9.17, 15) is 10.2 Å². The molecule has 0 aliphatic carbocycles. The number of aliphatic hydroxyl groups is 2. The molecule has 2 nitrogen and oxygen atoms in total. The zero-order chi connectivity index (χ0) is 12.3. The van der Waals surface area contributed by atoms with Crippen LogP contribution in [-0.2, 0) is 0 Å². The Balaban J connectivity index is 3.09. The standard InChI is InChI=1S/C12H18O2S2/c1-7(13)11(15)9-5-3-4-6-10(9)12(16)8(2)14/h3-8,11-16H,1-2H3. The van der Waals surface area contributed by atoms with Crippen molar-refractivity contribution in [3.63, 3.8) is 0 Å². The first-order valence-electron chi connectivity index (χ1n) is 5.26. The summed E-state index contributed by atoms with van der Waals surface area (Å²) in [7, 11) is 0. The first-order valence-corrected chi connectivity index (χ1v) is 6.29. The first-order chi connectivity index (χ1) is 7.45. The fourth-order valence-corrected chi connectivity index (χ4v) is 2.04. The van der Waals surface area contributed by atoms with Crippen molar-refractivity contribution >= 4 is 25.3 Å². The van der Waals surface area contributed by atoms with E-state index in [0.29, 0.717) is 0 Å². The molecule has 0 radical (unpaired) electrons. The average molecular weight is 258 g/mol. The molecule has 4 heteroatoms. The first kappa shape index (κ1) is 13.9. The summed E-state index contributed by atoms with van der Waals surface area (Å²) in [4.78, 5) is 0. The van der Waals surface area contributed by atoms with Gasteiger partial charge in [-0.15, -0.1) is 0 Å². The van der Waals surface area contributed by atoms with Gasteiger partial charge in [-0.2, -0.15) is 25.3 Å². The maximum Gasteiger partial charge on any atom is 0.0669 e. The zero-order valence-electron chi connectivity index (χ0n) is 9.41. The van der Waals surface area contributed by atoms with Crippen LogP contribution >= 0.6 is 25.3 Å². The average Bonchev–Trinajstić information content (AvgIpc) is 2.26. The molecule has 0 aromatic heterocycles. The third kappa shape index (κ3) is 3.17. The Kier molecular flexibility index (Phi) is 5.18. The summed E-state index contributed by atoms with van der Waals surface area (Å²) in [6, 6.07) is 7.61. The van der Waals surface area contributed by atoms with Crippen molar-refractivity contribution in [3.8, 4) is 0 Å². The molecular weight excluding hydrogens is 240 g/mol. The molecule has 16 heavy (non-hydrogen) atoms. The molecule has 0 amide bonds. The SMILES string of the molecule is CC(O)C(S)c1ccccc1C(S)C(C)O. The van der Waals surface area contributed by atoms with Gasteiger partial charge < -0.3 is 10.2 Å². The highest BCUT2D eigenvalue weighted by Gasteiger charge is 2.21. The predicted octanol–water partition coefficient (Wildman–Crippen LogP) is 2.39. The summed E-state index contributed by atoms with van der Waals surface area (Å²) in [5, 5.41) is 18.6. The van der Waals surface area contributed by atoms with E-state index < -0.39 is 12.2 Å². The third-order valence-electron chi connectivity index (χ3n) is 2.55. The molecule has 0 saturated heterocycles. The second kappa shape index (κ2) is 5.96. The van der Waals surface area contributed by atoms with E-state index in [1.54, 1.807) is 13.8 Å². The second-order valence-electron chi connectivity index (χ2n) is 4.00.